The number of benzene rings is 1. The molecule has 8 heteroatoms. The number of hydrogen-bond donors (Lipinski definition) is 2. The van der Waals surface area contributed by atoms with Gasteiger partial charge in [0, 0.05) is 11.1 Å². The predicted molar refractivity (Wildman–Crippen MR) is 89.8 cm³/mol. The van der Waals surface area contributed by atoms with Crippen molar-refractivity contribution in [1.29, 1.82) is 0 Å². The Morgan fingerprint density at radius 2 is 1.92 bits per heavy atom. The minimum Gasteiger partial charge on any atom is -0.449 e. The number of esters is 1. The molecule has 1 saturated carbocycles. The molecule has 3 amide bonds. The highest BCUT2D eigenvalue weighted by Crippen LogP contribution is 2.18. The number of nitrogens with one attached hydrogen (secondary N) is 2. The van der Waals surface area contributed by atoms with Crippen LogP contribution in [0.4, 0.5) is 9.18 Å². The molecule has 0 bridgehead atoms. The van der Waals surface area contributed by atoms with Crippen molar-refractivity contribution in [3.8, 4) is 0 Å². The quantitative estimate of drug-likeness (QED) is 0.797. The van der Waals surface area contributed by atoms with Crippen molar-refractivity contribution in [2.45, 2.75) is 51.2 Å². The van der Waals surface area contributed by atoms with Crippen molar-refractivity contribution in [3.63, 3.8) is 0 Å². The summed E-state index contributed by atoms with van der Waals surface area (Å²) in [5, 5.41) is 5.01. The highest BCUT2D eigenvalue weighted by atomic mass is 35.5. The highest BCUT2D eigenvalue weighted by Gasteiger charge is 2.24. The molecule has 1 aliphatic carbocycles. The zero-order chi connectivity index (χ0) is 18.4. The summed E-state index contributed by atoms with van der Waals surface area (Å²) in [6.07, 6.45) is 3.71. The van der Waals surface area contributed by atoms with E-state index in [1.807, 2.05) is 0 Å². The molecule has 2 rings (SSSR count). The minimum atomic E-state index is -1.26. The van der Waals surface area contributed by atoms with Gasteiger partial charge in [0.25, 0.3) is 5.91 Å². The van der Waals surface area contributed by atoms with Crippen molar-refractivity contribution in [2.24, 2.45) is 0 Å². The fourth-order valence-corrected chi connectivity index (χ4v) is 2.79. The van der Waals surface area contributed by atoms with E-state index in [1.165, 1.54) is 13.0 Å². The molecule has 0 aliphatic heterocycles. The van der Waals surface area contributed by atoms with Gasteiger partial charge in [-0.2, -0.15) is 0 Å². The maximum absolute atomic E-state index is 13.6. The second kappa shape index (κ2) is 8.80. The average molecular weight is 371 g/mol. The van der Waals surface area contributed by atoms with Crippen LogP contribution in [0.15, 0.2) is 18.2 Å². The standard InChI is InChI=1S/C17H20ClFN2O4/c1-10(25-16(23)13-9-11(18)7-8-14(13)19)15(22)21-17(24)20-12-5-3-2-4-6-12/h7-10,12H,2-6H2,1H3,(H2,20,21,22,24). The molecule has 1 aromatic carbocycles. The first-order chi connectivity index (χ1) is 11.9. The summed E-state index contributed by atoms with van der Waals surface area (Å²) in [7, 11) is 0. The molecular weight excluding hydrogens is 351 g/mol. The van der Waals surface area contributed by atoms with Crippen LogP contribution in [0.3, 0.4) is 0 Å². The molecule has 1 atom stereocenters. The number of carbonyl (C=O) groups excluding carboxylic acids is 3. The molecule has 0 radical (unpaired) electrons. The summed E-state index contributed by atoms with van der Waals surface area (Å²) in [4.78, 5) is 35.7. The van der Waals surface area contributed by atoms with Gasteiger partial charge in [0.1, 0.15) is 5.82 Å². The zero-order valence-corrected chi connectivity index (χ0v) is 14.6. The van der Waals surface area contributed by atoms with Crippen molar-refractivity contribution in [2.75, 3.05) is 0 Å². The molecule has 25 heavy (non-hydrogen) atoms. The van der Waals surface area contributed by atoms with E-state index in [0.29, 0.717) is 0 Å². The first-order valence-corrected chi connectivity index (χ1v) is 8.52. The third-order valence-electron chi connectivity index (χ3n) is 3.98. The monoisotopic (exact) mass is 370 g/mol. The van der Waals surface area contributed by atoms with Gasteiger partial charge >= 0.3 is 12.0 Å². The van der Waals surface area contributed by atoms with Crippen LogP contribution >= 0.6 is 11.6 Å². The molecule has 0 saturated heterocycles. The molecule has 1 unspecified atom stereocenters. The number of amides is 3. The van der Waals surface area contributed by atoms with Crippen LogP contribution in [-0.4, -0.2) is 30.1 Å². The van der Waals surface area contributed by atoms with Gasteiger partial charge in [0.15, 0.2) is 6.10 Å². The third-order valence-corrected chi connectivity index (χ3v) is 4.21. The highest BCUT2D eigenvalue weighted by molar-refractivity contribution is 6.30. The van der Waals surface area contributed by atoms with E-state index in [1.54, 1.807) is 0 Å². The molecule has 6 nitrogen and oxygen atoms in total. The Balaban J connectivity index is 1.85. The largest absolute Gasteiger partial charge is 0.449 e. The molecule has 1 aliphatic rings. The van der Waals surface area contributed by atoms with Crippen molar-refractivity contribution in [3.05, 3.63) is 34.6 Å². The lowest BCUT2D eigenvalue weighted by Gasteiger charge is -2.23. The number of ether oxygens (including phenoxy) is 1. The van der Waals surface area contributed by atoms with Gasteiger partial charge in [-0.05, 0) is 38.0 Å². The molecule has 1 aromatic rings. The van der Waals surface area contributed by atoms with Gasteiger partial charge in [0.2, 0.25) is 0 Å². The van der Waals surface area contributed by atoms with Crippen LogP contribution in [0.25, 0.3) is 0 Å². The topological polar surface area (TPSA) is 84.5 Å². The lowest BCUT2D eigenvalue weighted by Crippen LogP contribution is -2.48. The van der Waals surface area contributed by atoms with Gasteiger partial charge < -0.3 is 10.1 Å². The van der Waals surface area contributed by atoms with Crippen LogP contribution in [0, 0.1) is 5.82 Å². The molecule has 136 valence electrons. The predicted octanol–water partition coefficient (Wildman–Crippen LogP) is 3.18. The van der Waals surface area contributed by atoms with Crippen LogP contribution < -0.4 is 10.6 Å². The van der Waals surface area contributed by atoms with E-state index >= 15 is 0 Å². The van der Waals surface area contributed by atoms with E-state index in [0.717, 1.165) is 44.2 Å². The SMILES string of the molecule is CC(OC(=O)c1cc(Cl)ccc1F)C(=O)NC(=O)NC1CCCCC1. The lowest BCUT2D eigenvalue weighted by molar-refractivity contribution is -0.127. The number of imide groups is 1. The number of urea groups is 1. The number of rotatable bonds is 4. The van der Waals surface area contributed by atoms with Gasteiger partial charge in [-0.1, -0.05) is 30.9 Å². The Labute approximate surface area is 150 Å². The van der Waals surface area contributed by atoms with E-state index < -0.39 is 29.8 Å². The molecular formula is C17H20ClFN2O4. The Hall–Kier alpha value is -2.15. The summed E-state index contributed by atoms with van der Waals surface area (Å²) in [5.74, 6) is -2.63. The average Bonchev–Trinajstić information content (AvgIpc) is 2.57. The summed E-state index contributed by atoms with van der Waals surface area (Å²) in [6.45, 7) is 1.30. The number of hydrogen-bond acceptors (Lipinski definition) is 4. The van der Waals surface area contributed by atoms with Crippen LogP contribution in [0.1, 0.15) is 49.4 Å². The zero-order valence-electron chi connectivity index (χ0n) is 13.8. The van der Waals surface area contributed by atoms with Crippen molar-refractivity contribution < 1.29 is 23.5 Å². The number of carbonyl (C=O) groups is 3. The van der Waals surface area contributed by atoms with Gasteiger partial charge in [0.05, 0.1) is 5.56 Å². The summed E-state index contributed by atoms with van der Waals surface area (Å²) in [5.41, 5.74) is -0.376. The molecule has 2 N–H and O–H groups in total. The second-order valence-corrected chi connectivity index (χ2v) is 6.41. The normalized spacial score (nSPS) is 16.0. The molecule has 1 fully saturated rings. The van der Waals surface area contributed by atoms with Crippen LogP contribution in [0.2, 0.25) is 5.02 Å². The Morgan fingerprint density at radius 3 is 2.60 bits per heavy atom. The molecule has 0 heterocycles. The Morgan fingerprint density at radius 1 is 1.24 bits per heavy atom. The second-order valence-electron chi connectivity index (χ2n) is 5.97. The van der Waals surface area contributed by atoms with Gasteiger partial charge in [-0.25, -0.2) is 14.0 Å². The summed E-state index contributed by atoms with van der Waals surface area (Å²) in [6, 6.07) is 2.84. The summed E-state index contributed by atoms with van der Waals surface area (Å²) >= 11 is 5.71. The Bertz CT molecular complexity index is 662. The van der Waals surface area contributed by atoms with Gasteiger partial charge in [-0.15, -0.1) is 0 Å². The maximum atomic E-state index is 13.6. The van der Waals surface area contributed by atoms with E-state index in [2.05, 4.69) is 10.6 Å². The Kier molecular flexibility index (Phi) is 6.75. The first kappa shape index (κ1) is 19.2. The van der Waals surface area contributed by atoms with Crippen LogP contribution in [-0.2, 0) is 9.53 Å². The maximum Gasteiger partial charge on any atom is 0.341 e. The fraction of sp³-hybridized carbons (Fsp3) is 0.471. The van der Waals surface area contributed by atoms with E-state index in [9.17, 15) is 18.8 Å². The lowest BCUT2D eigenvalue weighted by atomic mass is 9.96. The summed E-state index contributed by atoms with van der Waals surface area (Å²) < 4.78 is 18.5. The third kappa shape index (κ3) is 5.70. The van der Waals surface area contributed by atoms with Crippen LogP contribution in [0.5, 0.6) is 0 Å². The van der Waals surface area contributed by atoms with Crippen molar-refractivity contribution in [1.82, 2.24) is 10.6 Å². The molecule has 0 aromatic heterocycles. The van der Waals surface area contributed by atoms with E-state index in [4.69, 9.17) is 16.3 Å². The minimum absolute atomic E-state index is 0.0416. The van der Waals surface area contributed by atoms with Gasteiger partial charge in [-0.3, -0.25) is 10.1 Å². The molecule has 0 spiro atoms. The first-order valence-electron chi connectivity index (χ1n) is 8.14. The number of halogens is 2. The smallest absolute Gasteiger partial charge is 0.341 e. The fourth-order valence-electron chi connectivity index (χ4n) is 2.61. The van der Waals surface area contributed by atoms with Crippen molar-refractivity contribution >= 4 is 29.5 Å². The van der Waals surface area contributed by atoms with E-state index in [-0.39, 0.29) is 16.6 Å².